The SMILES string of the molecule is O=C(O)c1cc(Br)cc(OC2CCCCC2)c1. The molecule has 92 valence electrons. The van der Waals surface area contributed by atoms with Gasteiger partial charge >= 0.3 is 5.97 Å². The van der Waals surface area contributed by atoms with Gasteiger partial charge in [-0.15, -0.1) is 0 Å². The number of benzene rings is 1. The summed E-state index contributed by atoms with van der Waals surface area (Å²) in [4.78, 5) is 10.9. The van der Waals surface area contributed by atoms with E-state index in [2.05, 4.69) is 15.9 Å². The summed E-state index contributed by atoms with van der Waals surface area (Å²) in [5.74, 6) is -0.288. The number of carboxylic acids is 1. The van der Waals surface area contributed by atoms with Crippen LogP contribution in [0.5, 0.6) is 5.75 Å². The number of halogens is 1. The largest absolute Gasteiger partial charge is 0.490 e. The Kier molecular flexibility index (Phi) is 4.05. The summed E-state index contributed by atoms with van der Waals surface area (Å²) < 4.78 is 6.57. The third-order valence-electron chi connectivity index (χ3n) is 2.97. The first kappa shape index (κ1) is 12.4. The van der Waals surface area contributed by atoms with Crippen LogP contribution in [0.2, 0.25) is 0 Å². The maximum atomic E-state index is 10.9. The third kappa shape index (κ3) is 3.46. The molecule has 1 N–H and O–H groups in total. The fourth-order valence-corrected chi connectivity index (χ4v) is 2.60. The lowest BCUT2D eigenvalue weighted by Crippen LogP contribution is -2.19. The van der Waals surface area contributed by atoms with Crippen molar-refractivity contribution in [2.75, 3.05) is 0 Å². The lowest BCUT2D eigenvalue weighted by atomic mass is 9.98. The smallest absolute Gasteiger partial charge is 0.335 e. The zero-order valence-electron chi connectivity index (χ0n) is 9.49. The summed E-state index contributed by atoms with van der Waals surface area (Å²) in [6, 6.07) is 4.98. The first-order valence-electron chi connectivity index (χ1n) is 5.86. The molecule has 3 nitrogen and oxygen atoms in total. The molecule has 17 heavy (non-hydrogen) atoms. The molecule has 1 aromatic carbocycles. The Morgan fingerprint density at radius 2 is 1.94 bits per heavy atom. The number of aromatic carboxylic acids is 1. The highest BCUT2D eigenvalue weighted by molar-refractivity contribution is 9.10. The van der Waals surface area contributed by atoms with Gasteiger partial charge in [0.1, 0.15) is 5.75 Å². The molecule has 4 heteroatoms. The summed E-state index contributed by atoms with van der Waals surface area (Å²) in [7, 11) is 0. The standard InChI is InChI=1S/C13H15BrO3/c14-10-6-9(13(15)16)7-12(8-10)17-11-4-2-1-3-5-11/h6-8,11H,1-5H2,(H,15,16). The van der Waals surface area contributed by atoms with Crippen LogP contribution in [0.1, 0.15) is 42.5 Å². The Balaban J connectivity index is 2.11. The fraction of sp³-hybridized carbons (Fsp3) is 0.462. The molecule has 2 rings (SSSR count). The summed E-state index contributed by atoms with van der Waals surface area (Å²) in [6.07, 6.45) is 6.04. The van der Waals surface area contributed by atoms with Gasteiger partial charge in [-0.05, 0) is 43.9 Å². The molecule has 0 aliphatic heterocycles. The van der Waals surface area contributed by atoms with Gasteiger partial charge in [0, 0.05) is 4.47 Å². The van der Waals surface area contributed by atoms with Crippen LogP contribution in [0.4, 0.5) is 0 Å². The molecular weight excluding hydrogens is 284 g/mol. The Labute approximate surface area is 109 Å². The third-order valence-corrected chi connectivity index (χ3v) is 3.43. The average molecular weight is 299 g/mol. The first-order valence-corrected chi connectivity index (χ1v) is 6.65. The van der Waals surface area contributed by atoms with Gasteiger partial charge < -0.3 is 9.84 Å². The fourth-order valence-electron chi connectivity index (χ4n) is 2.13. The van der Waals surface area contributed by atoms with E-state index in [0.717, 1.165) is 17.3 Å². The molecule has 1 aliphatic rings. The lowest BCUT2D eigenvalue weighted by molar-refractivity contribution is 0.0695. The molecule has 1 aliphatic carbocycles. The molecule has 0 amide bonds. The minimum absolute atomic E-state index is 0.236. The molecule has 1 saturated carbocycles. The molecular formula is C13H15BrO3. The highest BCUT2D eigenvalue weighted by Crippen LogP contribution is 2.26. The second kappa shape index (κ2) is 5.54. The second-order valence-corrected chi connectivity index (χ2v) is 5.27. The molecule has 0 spiro atoms. The second-order valence-electron chi connectivity index (χ2n) is 4.36. The Morgan fingerprint density at radius 3 is 2.59 bits per heavy atom. The van der Waals surface area contributed by atoms with E-state index in [9.17, 15) is 4.79 Å². The Hall–Kier alpha value is -1.03. The van der Waals surface area contributed by atoms with Crippen molar-refractivity contribution in [3.05, 3.63) is 28.2 Å². The van der Waals surface area contributed by atoms with Crippen molar-refractivity contribution in [1.82, 2.24) is 0 Å². The molecule has 0 atom stereocenters. The lowest BCUT2D eigenvalue weighted by Gasteiger charge is -2.23. The molecule has 0 aromatic heterocycles. The van der Waals surface area contributed by atoms with Gasteiger partial charge in [-0.3, -0.25) is 0 Å². The molecule has 1 aromatic rings. The summed E-state index contributed by atoms with van der Waals surface area (Å²) in [6.45, 7) is 0. The zero-order valence-corrected chi connectivity index (χ0v) is 11.1. The normalized spacial score (nSPS) is 16.8. The van der Waals surface area contributed by atoms with Crippen LogP contribution in [0.15, 0.2) is 22.7 Å². The molecule has 0 heterocycles. The monoisotopic (exact) mass is 298 g/mol. The summed E-state index contributed by atoms with van der Waals surface area (Å²) in [5.41, 5.74) is 0.255. The van der Waals surface area contributed by atoms with Crippen LogP contribution >= 0.6 is 15.9 Å². The van der Waals surface area contributed by atoms with Gasteiger partial charge in [-0.1, -0.05) is 22.4 Å². The van der Waals surface area contributed by atoms with Crippen LogP contribution in [-0.4, -0.2) is 17.2 Å². The van der Waals surface area contributed by atoms with Crippen molar-refractivity contribution in [2.24, 2.45) is 0 Å². The van der Waals surface area contributed by atoms with Crippen molar-refractivity contribution in [3.63, 3.8) is 0 Å². The number of carboxylic acid groups (broad SMARTS) is 1. The van der Waals surface area contributed by atoms with Gasteiger partial charge in [0.15, 0.2) is 0 Å². The van der Waals surface area contributed by atoms with Crippen molar-refractivity contribution >= 4 is 21.9 Å². The van der Waals surface area contributed by atoms with Gasteiger partial charge in [-0.2, -0.15) is 0 Å². The zero-order chi connectivity index (χ0) is 12.3. The highest BCUT2D eigenvalue weighted by atomic mass is 79.9. The van der Waals surface area contributed by atoms with E-state index >= 15 is 0 Å². The van der Waals surface area contributed by atoms with E-state index in [1.165, 1.54) is 19.3 Å². The van der Waals surface area contributed by atoms with Gasteiger partial charge in [0.2, 0.25) is 0 Å². The maximum Gasteiger partial charge on any atom is 0.335 e. The minimum Gasteiger partial charge on any atom is -0.490 e. The molecule has 0 bridgehead atoms. The van der Waals surface area contributed by atoms with Gasteiger partial charge in [-0.25, -0.2) is 4.79 Å². The molecule has 0 unspecified atom stereocenters. The van der Waals surface area contributed by atoms with Crippen LogP contribution in [0, 0.1) is 0 Å². The van der Waals surface area contributed by atoms with Crippen LogP contribution in [0.3, 0.4) is 0 Å². The molecule has 0 saturated heterocycles. The van der Waals surface area contributed by atoms with Crippen LogP contribution in [0.25, 0.3) is 0 Å². The summed E-state index contributed by atoms with van der Waals surface area (Å²) in [5, 5.41) is 8.96. The number of carbonyl (C=O) groups is 1. The van der Waals surface area contributed by atoms with Crippen molar-refractivity contribution in [1.29, 1.82) is 0 Å². The van der Waals surface area contributed by atoms with E-state index in [0.29, 0.717) is 5.75 Å². The average Bonchev–Trinajstić information content (AvgIpc) is 2.29. The van der Waals surface area contributed by atoms with Crippen molar-refractivity contribution < 1.29 is 14.6 Å². The topological polar surface area (TPSA) is 46.5 Å². The van der Waals surface area contributed by atoms with E-state index in [4.69, 9.17) is 9.84 Å². The van der Waals surface area contributed by atoms with Crippen LogP contribution < -0.4 is 4.74 Å². The number of hydrogen-bond acceptors (Lipinski definition) is 2. The Morgan fingerprint density at radius 1 is 1.24 bits per heavy atom. The molecule has 0 radical (unpaired) electrons. The van der Waals surface area contributed by atoms with Crippen molar-refractivity contribution in [2.45, 2.75) is 38.2 Å². The van der Waals surface area contributed by atoms with Crippen molar-refractivity contribution in [3.8, 4) is 5.75 Å². The number of hydrogen-bond donors (Lipinski definition) is 1. The minimum atomic E-state index is -0.931. The van der Waals surface area contributed by atoms with E-state index < -0.39 is 5.97 Å². The molecule has 1 fully saturated rings. The maximum absolute atomic E-state index is 10.9. The first-order chi connectivity index (χ1) is 8.15. The predicted octanol–water partition coefficient (Wildman–Crippen LogP) is 3.86. The van der Waals surface area contributed by atoms with E-state index in [1.807, 2.05) is 6.07 Å². The Bertz CT molecular complexity index is 411. The number of ether oxygens (including phenoxy) is 1. The van der Waals surface area contributed by atoms with E-state index in [-0.39, 0.29) is 11.7 Å². The van der Waals surface area contributed by atoms with Gasteiger partial charge in [0.25, 0.3) is 0 Å². The summed E-state index contributed by atoms with van der Waals surface area (Å²) >= 11 is 3.30. The van der Waals surface area contributed by atoms with E-state index in [1.54, 1.807) is 12.1 Å². The predicted molar refractivity (Wildman–Crippen MR) is 68.6 cm³/mol. The number of rotatable bonds is 3. The van der Waals surface area contributed by atoms with Crippen LogP contribution in [-0.2, 0) is 0 Å². The quantitative estimate of drug-likeness (QED) is 0.922. The highest BCUT2D eigenvalue weighted by Gasteiger charge is 2.16. The van der Waals surface area contributed by atoms with Gasteiger partial charge in [0.05, 0.1) is 11.7 Å².